The molecule has 0 aliphatic carbocycles. The normalized spacial score (nSPS) is 20.7. The van der Waals surface area contributed by atoms with Crippen LogP contribution in [0.1, 0.15) is 11.7 Å². The minimum Gasteiger partial charge on any atom is -0.380 e. The van der Waals surface area contributed by atoms with Gasteiger partial charge in [0.15, 0.2) is 0 Å². The van der Waals surface area contributed by atoms with Crippen molar-refractivity contribution < 1.29 is 4.74 Å². The molecule has 1 aliphatic heterocycles. The lowest BCUT2D eigenvalue weighted by Crippen LogP contribution is -2.55. The van der Waals surface area contributed by atoms with Gasteiger partial charge in [0.1, 0.15) is 0 Å². The Morgan fingerprint density at radius 3 is 2.80 bits per heavy atom. The van der Waals surface area contributed by atoms with Crippen molar-refractivity contribution in [3.63, 3.8) is 0 Å². The molecule has 1 aromatic heterocycles. The highest BCUT2D eigenvalue weighted by Gasteiger charge is 2.45. The Hall–Kier alpha value is -0.970. The summed E-state index contributed by atoms with van der Waals surface area (Å²) >= 11 is 0. The third-order valence-corrected chi connectivity index (χ3v) is 3.07. The average Bonchev–Trinajstić information content (AvgIpc) is 2.24. The number of aromatic nitrogens is 1. The SMILES string of the molecule is CNC(c1ccccn1)C1(CN)COC1. The predicted molar refractivity (Wildman–Crippen MR) is 58.3 cm³/mol. The van der Waals surface area contributed by atoms with Gasteiger partial charge in [0, 0.05) is 12.7 Å². The zero-order valence-corrected chi connectivity index (χ0v) is 8.94. The van der Waals surface area contributed by atoms with Gasteiger partial charge in [0.2, 0.25) is 0 Å². The number of ether oxygens (including phenoxy) is 1. The first-order valence-corrected chi connectivity index (χ1v) is 5.18. The summed E-state index contributed by atoms with van der Waals surface area (Å²) in [6, 6.07) is 6.12. The van der Waals surface area contributed by atoms with Crippen LogP contribution in [0.15, 0.2) is 24.4 Å². The van der Waals surface area contributed by atoms with Gasteiger partial charge in [-0.2, -0.15) is 0 Å². The monoisotopic (exact) mass is 207 g/mol. The minimum atomic E-state index is 0.0170. The molecule has 1 saturated heterocycles. The van der Waals surface area contributed by atoms with Crippen LogP contribution in [0.4, 0.5) is 0 Å². The molecule has 1 atom stereocenters. The molecule has 3 N–H and O–H groups in total. The number of nitrogens with two attached hydrogens (primary N) is 1. The zero-order valence-electron chi connectivity index (χ0n) is 8.94. The summed E-state index contributed by atoms with van der Waals surface area (Å²) in [7, 11) is 1.94. The molecule has 1 fully saturated rings. The van der Waals surface area contributed by atoms with Crippen molar-refractivity contribution in [2.45, 2.75) is 6.04 Å². The molecule has 0 aromatic carbocycles. The van der Waals surface area contributed by atoms with E-state index in [1.54, 1.807) is 0 Å². The summed E-state index contributed by atoms with van der Waals surface area (Å²) in [5, 5.41) is 3.29. The predicted octanol–water partition coefficient (Wildman–Crippen LogP) is 0.317. The Balaban J connectivity index is 2.24. The minimum absolute atomic E-state index is 0.0170. The molecule has 4 nitrogen and oxygen atoms in total. The highest BCUT2D eigenvalue weighted by molar-refractivity contribution is 5.15. The van der Waals surface area contributed by atoms with Gasteiger partial charge in [-0.05, 0) is 19.2 Å². The molecular weight excluding hydrogens is 190 g/mol. The van der Waals surface area contributed by atoms with Crippen molar-refractivity contribution in [3.8, 4) is 0 Å². The molecule has 1 unspecified atom stereocenters. The quantitative estimate of drug-likeness (QED) is 0.746. The molecule has 2 rings (SSSR count). The van der Waals surface area contributed by atoms with E-state index in [1.807, 2.05) is 31.4 Å². The summed E-state index contributed by atoms with van der Waals surface area (Å²) < 4.78 is 5.29. The van der Waals surface area contributed by atoms with Gasteiger partial charge in [-0.15, -0.1) is 0 Å². The second kappa shape index (κ2) is 4.26. The van der Waals surface area contributed by atoms with Crippen LogP contribution in [-0.2, 0) is 4.74 Å². The lowest BCUT2D eigenvalue weighted by atomic mass is 9.76. The number of nitrogens with one attached hydrogen (secondary N) is 1. The molecule has 0 bridgehead atoms. The van der Waals surface area contributed by atoms with Crippen molar-refractivity contribution in [1.82, 2.24) is 10.3 Å². The lowest BCUT2D eigenvalue weighted by Gasteiger charge is -2.46. The maximum Gasteiger partial charge on any atom is 0.0606 e. The first-order valence-electron chi connectivity index (χ1n) is 5.18. The van der Waals surface area contributed by atoms with Crippen LogP contribution in [-0.4, -0.2) is 31.8 Å². The topological polar surface area (TPSA) is 60.2 Å². The van der Waals surface area contributed by atoms with Crippen LogP contribution in [0.2, 0.25) is 0 Å². The van der Waals surface area contributed by atoms with Crippen LogP contribution in [0.5, 0.6) is 0 Å². The van der Waals surface area contributed by atoms with E-state index in [9.17, 15) is 0 Å². The maximum absolute atomic E-state index is 5.83. The molecule has 0 spiro atoms. The van der Waals surface area contributed by atoms with Crippen molar-refractivity contribution in [1.29, 1.82) is 0 Å². The second-order valence-corrected chi connectivity index (χ2v) is 4.04. The van der Waals surface area contributed by atoms with Gasteiger partial charge < -0.3 is 15.8 Å². The summed E-state index contributed by atoms with van der Waals surface area (Å²) in [6.45, 7) is 2.05. The van der Waals surface area contributed by atoms with Crippen LogP contribution in [0.25, 0.3) is 0 Å². The smallest absolute Gasteiger partial charge is 0.0606 e. The van der Waals surface area contributed by atoms with E-state index in [-0.39, 0.29) is 11.5 Å². The van der Waals surface area contributed by atoms with Gasteiger partial charge in [0.25, 0.3) is 0 Å². The molecular formula is C11H17N3O. The Labute approximate surface area is 89.8 Å². The Kier molecular flexibility index (Phi) is 3.00. The van der Waals surface area contributed by atoms with E-state index in [4.69, 9.17) is 10.5 Å². The van der Waals surface area contributed by atoms with Gasteiger partial charge in [-0.25, -0.2) is 0 Å². The van der Waals surface area contributed by atoms with Gasteiger partial charge in [0.05, 0.1) is 30.4 Å². The van der Waals surface area contributed by atoms with Crippen LogP contribution >= 0.6 is 0 Å². The van der Waals surface area contributed by atoms with Crippen molar-refractivity contribution in [2.24, 2.45) is 11.1 Å². The summed E-state index contributed by atoms with van der Waals surface area (Å²) in [4.78, 5) is 4.37. The summed E-state index contributed by atoms with van der Waals surface area (Å²) in [6.07, 6.45) is 1.81. The van der Waals surface area contributed by atoms with E-state index >= 15 is 0 Å². The Bertz CT molecular complexity index is 305. The van der Waals surface area contributed by atoms with Crippen LogP contribution in [0.3, 0.4) is 0 Å². The number of rotatable bonds is 4. The first kappa shape index (κ1) is 10.5. The molecule has 0 amide bonds. The summed E-state index contributed by atoms with van der Waals surface area (Å²) in [5.41, 5.74) is 6.89. The fourth-order valence-corrected chi connectivity index (χ4v) is 2.08. The molecule has 82 valence electrons. The van der Waals surface area contributed by atoms with Crippen LogP contribution < -0.4 is 11.1 Å². The Morgan fingerprint density at radius 1 is 1.60 bits per heavy atom. The zero-order chi connectivity index (χ0) is 10.7. The molecule has 0 saturated carbocycles. The molecule has 0 radical (unpaired) electrons. The first-order chi connectivity index (χ1) is 7.32. The number of pyridine rings is 1. The van der Waals surface area contributed by atoms with Gasteiger partial charge >= 0.3 is 0 Å². The highest BCUT2D eigenvalue weighted by atomic mass is 16.5. The third kappa shape index (κ3) is 1.76. The van der Waals surface area contributed by atoms with E-state index in [0.717, 1.165) is 5.69 Å². The fourth-order valence-electron chi connectivity index (χ4n) is 2.08. The van der Waals surface area contributed by atoms with Gasteiger partial charge in [-0.3, -0.25) is 4.98 Å². The standard InChI is InChI=1S/C11H17N3O/c1-13-10(9-4-2-3-5-14-9)11(6-12)7-15-8-11/h2-5,10,13H,6-8,12H2,1H3. The highest BCUT2D eigenvalue weighted by Crippen LogP contribution is 2.38. The maximum atomic E-state index is 5.83. The lowest BCUT2D eigenvalue weighted by molar-refractivity contribution is -0.127. The van der Waals surface area contributed by atoms with Gasteiger partial charge in [-0.1, -0.05) is 6.07 Å². The molecule has 1 aromatic rings. The van der Waals surface area contributed by atoms with Crippen molar-refractivity contribution in [3.05, 3.63) is 30.1 Å². The molecule has 2 heterocycles. The number of hydrogen-bond acceptors (Lipinski definition) is 4. The number of nitrogens with zero attached hydrogens (tertiary/aromatic N) is 1. The van der Waals surface area contributed by atoms with E-state index < -0.39 is 0 Å². The van der Waals surface area contributed by atoms with Crippen LogP contribution in [0, 0.1) is 5.41 Å². The largest absolute Gasteiger partial charge is 0.380 e. The van der Waals surface area contributed by atoms with Crippen molar-refractivity contribution >= 4 is 0 Å². The second-order valence-electron chi connectivity index (χ2n) is 4.04. The van der Waals surface area contributed by atoms with E-state index in [1.165, 1.54) is 0 Å². The van der Waals surface area contributed by atoms with E-state index in [0.29, 0.717) is 19.8 Å². The summed E-state index contributed by atoms with van der Waals surface area (Å²) in [5.74, 6) is 0. The average molecular weight is 207 g/mol. The fraction of sp³-hybridized carbons (Fsp3) is 0.545. The van der Waals surface area contributed by atoms with E-state index in [2.05, 4.69) is 10.3 Å². The third-order valence-electron chi connectivity index (χ3n) is 3.07. The number of hydrogen-bond donors (Lipinski definition) is 2. The molecule has 1 aliphatic rings. The molecule has 15 heavy (non-hydrogen) atoms. The Morgan fingerprint density at radius 2 is 2.40 bits per heavy atom. The van der Waals surface area contributed by atoms with Crippen molar-refractivity contribution in [2.75, 3.05) is 26.8 Å². The molecule has 4 heteroatoms.